The summed E-state index contributed by atoms with van der Waals surface area (Å²) in [6.07, 6.45) is 9.72. The van der Waals surface area contributed by atoms with Gasteiger partial charge in [0.2, 0.25) is 5.91 Å². The van der Waals surface area contributed by atoms with Crippen LogP contribution in [0.5, 0.6) is 5.75 Å². The molecule has 3 N–H and O–H groups in total. The van der Waals surface area contributed by atoms with Crippen LogP contribution in [0.1, 0.15) is 90.8 Å². The Morgan fingerprint density at radius 1 is 0.827 bits per heavy atom. The smallest absolute Gasteiger partial charge is 0.331 e. The number of nitrogens with one attached hydrogen (secondary N) is 2. The van der Waals surface area contributed by atoms with Gasteiger partial charge in [-0.3, -0.25) is 9.59 Å². The highest BCUT2D eigenvalue weighted by Gasteiger charge is 2.29. The van der Waals surface area contributed by atoms with Gasteiger partial charge in [0.05, 0.1) is 11.5 Å². The van der Waals surface area contributed by atoms with Crippen molar-refractivity contribution in [2.24, 2.45) is 0 Å². The van der Waals surface area contributed by atoms with E-state index >= 15 is 0 Å². The zero-order chi connectivity index (χ0) is 37.1. The lowest BCUT2D eigenvalue weighted by atomic mass is 9.95. The van der Waals surface area contributed by atoms with E-state index in [1.165, 1.54) is 48.4 Å². The molecule has 11 heteroatoms. The Morgan fingerprint density at radius 3 is 2.13 bits per heavy atom. The summed E-state index contributed by atoms with van der Waals surface area (Å²) in [7, 11) is 0. The van der Waals surface area contributed by atoms with E-state index in [9.17, 15) is 19.5 Å². The molecule has 2 amide bonds. The Morgan fingerprint density at radius 2 is 1.52 bits per heavy atom. The summed E-state index contributed by atoms with van der Waals surface area (Å²) in [5.41, 5.74) is 3.31. The summed E-state index contributed by atoms with van der Waals surface area (Å²) in [6.45, 7) is 9.15. The van der Waals surface area contributed by atoms with E-state index in [4.69, 9.17) is 4.74 Å². The number of amides is 2. The average Bonchev–Trinajstić information content (AvgIpc) is 3.86. The topological polar surface area (TPSA) is 131 Å². The molecule has 0 bridgehead atoms. The molecule has 0 spiro atoms. The molecule has 3 aromatic heterocycles. The molecule has 0 fully saturated rings. The number of hydrogen-bond donors (Lipinski definition) is 3. The molecule has 3 heterocycles. The van der Waals surface area contributed by atoms with Gasteiger partial charge in [0, 0.05) is 39.7 Å². The minimum Gasteiger partial charge on any atom is -0.494 e. The summed E-state index contributed by atoms with van der Waals surface area (Å²) in [4.78, 5) is 50.3. The summed E-state index contributed by atoms with van der Waals surface area (Å²) in [6, 6.07) is 20.2. The quantitative estimate of drug-likeness (QED) is 0.0813. The van der Waals surface area contributed by atoms with Gasteiger partial charge >= 0.3 is 5.97 Å². The Bertz CT molecular complexity index is 1900. The summed E-state index contributed by atoms with van der Waals surface area (Å²) in [5.74, 6) is -0.769. The highest BCUT2D eigenvalue weighted by Crippen LogP contribution is 2.30. The number of unbranched alkanes of at least 4 members (excludes halogenated alkanes) is 4. The number of carbonyl (C=O) groups is 3. The van der Waals surface area contributed by atoms with Gasteiger partial charge in [-0.15, -0.1) is 22.7 Å². The molecule has 52 heavy (non-hydrogen) atoms. The van der Waals surface area contributed by atoms with Crippen LogP contribution in [-0.2, 0) is 21.4 Å². The Kier molecular flexibility index (Phi) is 13.3. The van der Waals surface area contributed by atoms with Gasteiger partial charge in [-0.05, 0) is 58.7 Å². The number of rotatable bonds is 17. The first-order valence-electron chi connectivity index (χ1n) is 17.6. The molecular weight excluding hydrogens is 693 g/mol. The Balaban J connectivity index is 1.25. The van der Waals surface area contributed by atoms with Crippen LogP contribution in [0.3, 0.4) is 0 Å². The minimum atomic E-state index is -1.24. The molecule has 2 aromatic carbocycles. The van der Waals surface area contributed by atoms with Crippen LogP contribution in [0.4, 0.5) is 0 Å². The summed E-state index contributed by atoms with van der Waals surface area (Å²) >= 11 is 2.61. The average molecular weight is 739 g/mol. The van der Waals surface area contributed by atoms with Crippen molar-refractivity contribution in [3.63, 3.8) is 0 Å². The maximum absolute atomic E-state index is 13.6. The molecule has 272 valence electrons. The van der Waals surface area contributed by atoms with Crippen LogP contribution < -0.4 is 15.4 Å². The van der Waals surface area contributed by atoms with Gasteiger partial charge in [0.25, 0.3) is 5.91 Å². The molecule has 0 radical (unpaired) electrons. The number of nitrogens with zero attached hydrogens (tertiary/aromatic N) is 2. The third-order valence-corrected chi connectivity index (χ3v) is 11.0. The molecule has 0 saturated carbocycles. The molecule has 5 aromatic rings. The number of carbonyl (C=O) groups excluding carboxylic acids is 2. The van der Waals surface area contributed by atoms with E-state index in [1.807, 2.05) is 54.6 Å². The maximum Gasteiger partial charge on any atom is 0.331 e. The number of aliphatic carboxylic acids is 1. The zero-order valence-electron chi connectivity index (χ0n) is 30.1. The summed E-state index contributed by atoms with van der Waals surface area (Å²) in [5, 5.41) is 17.1. The van der Waals surface area contributed by atoms with E-state index in [0.29, 0.717) is 15.6 Å². The lowest BCUT2D eigenvalue weighted by Crippen LogP contribution is -2.49. The zero-order valence-corrected chi connectivity index (χ0v) is 31.7. The van der Waals surface area contributed by atoms with Gasteiger partial charge < -0.3 is 20.5 Å². The molecule has 9 nitrogen and oxygen atoms in total. The fourth-order valence-corrected chi connectivity index (χ4v) is 7.28. The van der Waals surface area contributed by atoms with Crippen LogP contribution in [0.25, 0.3) is 22.5 Å². The van der Waals surface area contributed by atoms with E-state index in [-0.39, 0.29) is 11.8 Å². The second kappa shape index (κ2) is 18.1. The van der Waals surface area contributed by atoms with Crippen molar-refractivity contribution >= 4 is 40.5 Å². The van der Waals surface area contributed by atoms with Crippen molar-refractivity contribution in [3.8, 4) is 28.3 Å². The number of thiophene rings is 2. The first kappa shape index (κ1) is 38.4. The highest BCUT2D eigenvalue weighted by atomic mass is 32.1. The number of ether oxygens (including phenoxy) is 1. The first-order valence-corrected chi connectivity index (χ1v) is 19.3. The number of aromatic nitrogens is 2. The normalized spacial score (nSPS) is 12.5. The first-order chi connectivity index (χ1) is 25.0. The lowest BCUT2D eigenvalue weighted by Gasteiger charge is -2.21. The summed E-state index contributed by atoms with van der Waals surface area (Å²) < 4.78 is 5.90. The number of carboxylic acids is 1. The van der Waals surface area contributed by atoms with E-state index in [1.54, 1.807) is 36.0 Å². The van der Waals surface area contributed by atoms with Gasteiger partial charge in [-0.25, -0.2) is 14.8 Å². The molecule has 5 rings (SSSR count). The van der Waals surface area contributed by atoms with Crippen LogP contribution >= 0.6 is 22.7 Å². The molecule has 2 atom stereocenters. The van der Waals surface area contributed by atoms with Gasteiger partial charge in [-0.2, -0.15) is 0 Å². The third kappa shape index (κ3) is 10.6. The molecule has 0 aliphatic carbocycles. The fraction of sp³-hybridized carbons (Fsp3) is 0.341. The second-order valence-corrected chi connectivity index (χ2v) is 15.8. The van der Waals surface area contributed by atoms with Crippen molar-refractivity contribution < 1.29 is 24.2 Å². The van der Waals surface area contributed by atoms with Crippen molar-refractivity contribution in [1.29, 1.82) is 0 Å². The lowest BCUT2D eigenvalue weighted by molar-refractivity contribution is -0.142. The van der Waals surface area contributed by atoms with Crippen LogP contribution in [0, 0.1) is 0 Å². The number of carboxylic acid groups (broad SMARTS) is 1. The van der Waals surface area contributed by atoms with Crippen molar-refractivity contribution in [2.45, 2.75) is 83.7 Å². The Hall–Kier alpha value is -4.87. The van der Waals surface area contributed by atoms with Gasteiger partial charge in [0.15, 0.2) is 11.9 Å². The predicted molar refractivity (Wildman–Crippen MR) is 208 cm³/mol. The van der Waals surface area contributed by atoms with Crippen LogP contribution in [-0.4, -0.2) is 45.5 Å². The minimum absolute atomic E-state index is 0.130. The Labute approximate surface area is 313 Å². The monoisotopic (exact) mass is 738 g/mol. The number of benzene rings is 2. The number of hydrogen-bond acceptors (Lipinski definition) is 8. The fourth-order valence-electron chi connectivity index (χ4n) is 5.55. The van der Waals surface area contributed by atoms with Crippen molar-refractivity contribution in [2.75, 3.05) is 6.61 Å². The van der Waals surface area contributed by atoms with Gasteiger partial charge in [0.1, 0.15) is 11.8 Å². The molecular formula is C41H46N4O5S2. The van der Waals surface area contributed by atoms with E-state index < -0.39 is 29.9 Å². The van der Waals surface area contributed by atoms with Gasteiger partial charge in [-0.1, -0.05) is 95.8 Å². The van der Waals surface area contributed by atoms with Crippen molar-refractivity contribution in [3.05, 3.63) is 111 Å². The van der Waals surface area contributed by atoms with Crippen LogP contribution in [0.15, 0.2) is 90.6 Å². The van der Waals surface area contributed by atoms with Crippen molar-refractivity contribution in [1.82, 2.24) is 20.6 Å². The SMILES string of the molecule is CCCCCCCOc1ccc(-c2cnc(-c3ccc(CC(NC(=O)c4ccc(C(C)(C)C)s4)C(=O)NC(C(=O)O)c4cccs4)cc3)nc2)cc1. The molecule has 0 saturated heterocycles. The standard InChI is InChI=1S/C41H46N4O5S2/c1-5-6-7-8-9-22-50-31-18-16-28(17-19-31)30-25-42-37(43-26-30)29-14-12-27(13-15-29)24-32(38(46)45-36(40(48)49)33-11-10-23-51-33)44-39(47)34-20-21-35(52-34)41(2,3)4/h10-21,23,25-26,32,36H,5-9,22,24H2,1-4H3,(H,44,47)(H,45,46)(H,48,49). The molecule has 0 aliphatic rings. The van der Waals surface area contributed by atoms with E-state index in [0.717, 1.165) is 45.9 Å². The highest BCUT2D eigenvalue weighted by molar-refractivity contribution is 7.14. The second-order valence-electron chi connectivity index (χ2n) is 13.7. The van der Waals surface area contributed by atoms with Crippen LogP contribution in [0.2, 0.25) is 0 Å². The maximum atomic E-state index is 13.6. The molecule has 2 unspecified atom stereocenters. The van der Waals surface area contributed by atoms with E-state index in [2.05, 4.69) is 48.3 Å². The molecule has 0 aliphatic heterocycles. The predicted octanol–water partition coefficient (Wildman–Crippen LogP) is 8.86. The largest absolute Gasteiger partial charge is 0.494 e. The third-order valence-electron chi connectivity index (χ3n) is 8.56.